The molecular weight excluding hydrogens is 420 g/mol. The number of hydrogen-bond donors (Lipinski definition) is 0. The summed E-state index contributed by atoms with van der Waals surface area (Å²) in [6.45, 7) is 4.71. The van der Waals surface area contributed by atoms with Crippen LogP contribution in [0.3, 0.4) is 0 Å². The van der Waals surface area contributed by atoms with Crippen molar-refractivity contribution < 1.29 is 0 Å². The SMILES string of the molecule is CCCCCCC[C@H]1CC[C@H](c2ccc(CC[C@H]3CC[C@H]([C@H]4CC[C@H](CC)CC4)CC3)cc2)CC1. The number of rotatable bonds is 12. The van der Waals surface area contributed by atoms with E-state index in [1.807, 2.05) is 0 Å². The second-order valence-corrected chi connectivity index (χ2v) is 13.2. The predicted molar refractivity (Wildman–Crippen MR) is 154 cm³/mol. The van der Waals surface area contributed by atoms with E-state index in [0.29, 0.717) is 0 Å². The van der Waals surface area contributed by atoms with Crippen LogP contribution in [0.1, 0.15) is 159 Å². The smallest absolute Gasteiger partial charge is 0.0162 e. The van der Waals surface area contributed by atoms with Gasteiger partial charge in [-0.2, -0.15) is 0 Å². The van der Waals surface area contributed by atoms with Gasteiger partial charge in [0.2, 0.25) is 0 Å². The Balaban J connectivity index is 1.10. The van der Waals surface area contributed by atoms with Gasteiger partial charge in [0.1, 0.15) is 0 Å². The summed E-state index contributed by atoms with van der Waals surface area (Å²) >= 11 is 0. The van der Waals surface area contributed by atoms with Gasteiger partial charge in [0.25, 0.3) is 0 Å². The molecule has 0 nitrogen and oxygen atoms in total. The lowest BCUT2D eigenvalue weighted by atomic mass is 9.68. The van der Waals surface area contributed by atoms with Gasteiger partial charge in [-0.15, -0.1) is 0 Å². The first kappa shape index (κ1) is 27.3. The predicted octanol–water partition coefficient (Wildman–Crippen LogP) is 11.3. The summed E-state index contributed by atoms with van der Waals surface area (Å²) in [5.74, 6) is 6.05. The maximum atomic E-state index is 2.49. The summed E-state index contributed by atoms with van der Waals surface area (Å²) < 4.78 is 0. The maximum absolute atomic E-state index is 2.49. The van der Waals surface area contributed by atoms with Crippen molar-refractivity contribution in [2.75, 3.05) is 0 Å². The average Bonchev–Trinajstić information content (AvgIpc) is 2.93. The molecule has 35 heavy (non-hydrogen) atoms. The Kier molecular flexibility index (Phi) is 11.6. The van der Waals surface area contributed by atoms with Crippen molar-refractivity contribution in [3.05, 3.63) is 35.4 Å². The standard InChI is InChI=1S/C35H58/c1-3-5-6-7-8-9-29-14-22-33(23-15-29)35-26-18-31(19-27-35)11-10-30-16-24-34(25-17-30)32-20-12-28(4-2)13-21-32/h18-19,26-30,32-34H,3-17,20-25H2,1-2H3/t28-,29-,30-,32-,33-,34-. The summed E-state index contributed by atoms with van der Waals surface area (Å²) in [5, 5.41) is 0. The number of aryl methyl sites for hydroxylation is 1. The van der Waals surface area contributed by atoms with Crippen molar-refractivity contribution in [2.45, 2.75) is 155 Å². The van der Waals surface area contributed by atoms with Crippen LogP contribution in [-0.2, 0) is 6.42 Å². The van der Waals surface area contributed by atoms with Crippen LogP contribution < -0.4 is 0 Å². The molecule has 0 bridgehead atoms. The molecular formula is C35H58. The van der Waals surface area contributed by atoms with Gasteiger partial charge in [0, 0.05) is 0 Å². The number of hydrogen-bond acceptors (Lipinski definition) is 0. The third-order valence-corrected chi connectivity index (χ3v) is 10.9. The molecule has 0 heterocycles. The van der Waals surface area contributed by atoms with Crippen LogP contribution in [0.25, 0.3) is 0 Å². The van der Waals surface area contributed by atoms with Crippen LogP contribution in [0.15, 0.2) is 24.3 Å². The zero-order valence-corrected chi connectivity index (χ0v) is 23.6. The van der Waals surface area contributed by atoms with E-state index in [0.717, 1.165) is 35.5 Å². The van der Waals surface area contributed by atoms with Crippen LogP contribution in [0.5, 0.6) is 0 Å². The van der Waals surface area contributed by atoms with Gasteiger partial charge >= 0.3 is 0 Å². The molecule has 0 radical (unpaired) electrons. The van der Waals surface area contributed by atoms with Crippen LogP contribution in [0, 0.1) is 29.6 Å². The van der Waals surface area contributed by atoms with E-state index in [9.17, 15) is 0 Å². The monoisotopic (exact) mass is 478 g/mol. The molecule has 198 valence electrons. The van der Waals surface area contributed by atoms with Gasteiger partial charge in [0.05, 0.1) is 0 Å². The Morgan fingerprint density at radius 3 is 1.69 bits per heavy atom. The van der Waals surface area contributed by atoms with Crippen LogP contribution in [0.4, 0.5) is 0 Å². The van der Waals surface area contributed by atoms with Gasteiger partial charge in [-0.3, -0.25) is 0 Å². The molecule has 1 aromatic rings. The van der Waals surface area contributed by atoms with Crippen molar-refractivity contribution in [2.24, 2.45) is 29.6 Å². The highest BCUT2D eigenvalue weighted by atomic mass is 14.4. The maximum Gasteiger partial charge on any atom is -0.0162 e. The fraction of sp³-hybridized carbons (Fsp3) is 0.829. The molecule has 0 amide bonds. The molecule has 1 aromatic carbocycles. The zero-order chi connectivity index (χ0) is 24.3. The lowest BCUT2D eigenvalue weighted by molar-refractivity contribution is 0.142. The van der Waals surface area contributed by atoms with Crippen LogP contribution in [0.2, 0.25) is 0 Å². The zero-order valence-electron chi connectivity index (χ0n) is 23.6. The van der Waals surface area contributed by atoms with E-state index in [2.05, 4.69) is 38.1 Å². The molecule has 4 rings (SSSR count). The first-order valence-electron chi connectivity index (χ1n) is 16.3. The highest BCUT2D eigenvalue weighted by Crippen LogP contribution is 2.43. The van der Waals surface area contributed by atoms with E-state index in [4.69, 9.17) is 0 Å². The van der Waals surface area contributed by atoms with Crippen molar-refractivity contribution in [3.8, 4) is 0 Å². The molecule has 3 saturated carbocycles. The van der Waals surface area contributed by atoms with Crippen LogP contribution >= 0.6 is 0 Å². The van der Waals surface area contributed by atoms with Crippen molar-refractivity contribution >= 4 is 0 Å². The summed E-state index contributed by atoms with van der Waals surface area (Å²) in [6, 6.07) is 9.95. The highest BCUT2D eigenvalue weighted by molar-refractivity contribution is 5.26. The second kappa shape index (κ2) is 14.8. The topological polar surface area (TPSA) is 0 Å². The van der Waals surface area contributed by atoms with Gasteiger partial charge in [0.15, 0.2) is 0 Å². The highest BCUT2D eigenvalue weighted by Gasteiger charge is 2.30. The van der Waals surface area contributed by atoms with Gasteiger partial charge < -0.3 is 0 Å². The molecule has 0 heteroatoms. The van der Waals surface area contributed by atoms with Crippen LogP contribution in [-0.4, -0.2) is 0 Å². The van der Waals surface area contributed by atoms with Gasteiger partial charge in [-0.25, -0.2) is 0 Å². The van der Waals surface area contributed by atoms with Gasteiger partial charge in [-0.05, 0) is 111 Å². The van der Waals surface area contributed by atoms with E-state index in [-0.39, 0.29) is 0 Å². The Morgan fingerprint density at radius 1 is 0.543 bits per heavy atom. The largest absolute Gasteiger partial charge is 0.0654 e. The Labute approximate surface area is 219 Å². The number of benzene rings is 1. The number of unbranched alkanes of at least 4 members (excludes halogenated alkanes) is 4. The quantitative estimate of drug-likeness (QED) is 0.262. The molecule has 0 saturated heterocycles. The molecule has 3 aliphatic rings. The van der Waals surface area contributed by atoms with E-state index >= 15 is 0 Å². The first-order chi connectivity index (χ1) is 17.2. The van der Waals surface area contributed by atoms with E-state index < -0.39 is 0 Å². The third kappa shape index (κ3) is 8.64. The summed E-state index contributed by atoms with van der Waals surface area (Å²) in [6.07, 6.45) is 30.9. The minimum Gasteiger partial charge on any atom is -0.0654 e. The lowest BCUT2D eigenvalue weighted by Crippen LogP contribution is -2.25. The Bertz CT molecular complexity index is 662. The third-order valence-electron chi connectivity index (χ3n) is 10.9. The Hall–Kier alpha value is -0.780. The van der Waals surface area contributed by atoms with Gasteiger partial charge in [-0.1, -0.05) is 109 Å². The average molecular weight is 479 g/mol. The molecule has 0 atom stereocenters. The normalized spacial score (nSPS) is 31.9. The fourth-order valence-electron chi connectivity index (χ4n) is 8.16. The lowest BCUT2D eigenvalue weighted by Gasteiger charge is -2.37. The molecule has 3 aliphatic carbocycles. The minimum atomic E-state index is 0.836. The summed E-state index contributed by atoms with van der Waals surface area (Å²) in [7, 11) is 0. The first-order valence-corrected chi connectivity index (χ1v) is 16.3. The summed E-state index contributed by atoms with van der Waals surface area (Å²) in [5.41, 5.74) is 3.22. The molecule has 0 aromatic heterocycles. The molecule has 0 unspecified atom stereocenters. The van der Waals surface area contributed by atoms with E-state index in [1.54, 1.807) is 24.0 Å². The van der Waals surface area contributed by atoms with Crippen molar-refractivity contribution in [3.63, 3.8) is 0 Å². The molecule has 3 fully saturated rings. The fourth-order valence-corrected chi connectivity index (χ4v) is 8.16. The minimum absolute atomic E-state index is 0.836. The van der Waals surface area contributed by atoms with Crippen molar-refractivity contribution in [1.82, 2.24) is 0 Å². The molecule has 0 aliphatic heterocycles. The molecule has 0 spiro atoms. The second-order valence-electron chi connectivity index (χ2n) is 13.2. The van der Waals surface area contributed by atoms with Crippen molar-refractivity contribution in [1.29, 1.82) is 0 Å². The van der Waals surface area contributed by atoms with E-state index in [1.165, 1.54) is 122 Å². The molecule has 0 N–H and O–H groups in total. The summed E-state index contributed by atoms with van der Waals surface area (Å²) in [4.78, 5) is 0. The Morgan fingerprint density at radius 2 is 1.09 bits per heavy atom.